The zero-order valence-corrected chi connectivity index (χ0v) is 12.7. The molecule has 7 heteroatoms. The van der Waals surface area contributed by atoms with E-state index in [0.29, 0.717) is 0 Å². The molecular weight excluding hydrogens is 300 g/mol. The summed E-state index contributed by atoms with van der Waals surface area (Å²) >= 11 is 0. The van der Waals surface area contributed by atoms with Crippen molar-refractivity contribution in [2.75, 3.05) is 13.2 Å². The Morgan fingerprint density at radius 2 is 2.00 bits per heavy atom. The summed E-state index contributed by atoms with van der Waals surface area (Å²) in [5, 5.41) is 12.5. The van der Waals surface area contributed by atoms with Crippen LogP contribution in [0.15, 0.2) is 10.9 Å². The van der Waals surface area contributed by atoms with Crippen LogP contribution < -0.4 is 10.9 Å². The summed E-state index contributed by atoms with van der Waals surface area (Å²) in [5.41, 5.74) is 1.78. The molecule has 3 aliphatic rings. The van der Waals surface area contributed by atoms with Gasteiger partial charge in [0, 0.05) is 5.69 Å². The molecule has 1 aliphatic carbocycles. The molecule has 23 heavy (non-hydrogen) atoms. The predicted octanol–water partition coefficient (Wildman–Crippen LogP) is -0.489. The summed E-state index contributed by atoms with van der Waals surface area (Å²) in [6.45, 7) is 0.488. The van der Waals surface area contributed by atoms with Gasteiger partial charge < -0.3 is 24.9 Å². The van der Waals surface area contributed by atoms with Gasteiger partial charge in [-0.25, -0.2) is 0 Å². The van der Waals surface area contributed by atoms with Crippen LogP contribution in [-0.4, -0.2) is 53.6 Å². The number of rotatable bonds is 2. The van der Waals surface area contributed by atoms with Gasteiger partial charge in [0.05, 0.1) is 19.3 Å². The zero-order valence-electron chi connectivity index (χ0n) is 12.7. The Hall–Kier alpha value is -1.70. The van der Waals surface area contributed by atoms with Crippen molar-refractivity contribution in [3.8, 4) is 0 Å². The van der Waals surface area contributed by atoms with Gasteiger partial charge in [-0.15, -0.1) is 0 Å². The number of hydrogen-bond donors (Lipinski definition) is 3. The second-order valence-electron chi connectivity index (χ2n) is 6.47. The maximum atomic E-state index is 12.5. The number of aryl methyl sites for hydroxylation is 2. The van der Waals surface area contributed by atoms with Crippen molar-refractivity contribution in [3.63, 3.8) is 0 Å². The van der Waals surface area contributed by atoms with E-state index in [0.717, 1.165) is 36.9 Å². The van der Waals surface area contributed by atoms with Crippen LogP contribution in [0.5, 0.6) is 0 Å². The number of fused-ring (bicyclic) bond motifs is 2. The largest absolute Gasteiger partial charge is 0.388 e. The first-order chi connectivity index (χ1) is 11.1. The molecule has 7 nitrogen and oxygen atoms in total. The summed E-state index contributed by atoms with van der Waals surface area (Å²) in [6.07, 6.45) is 2.47. The average Bonchev–Trinajstić information content (AvgIpc) is 3.10. The van der Waals surface area contributed by atoms with E-state index in [2.05, 4.69) is 10.3 Å². The van der Waals surface area contributed by atoms with Crippen molar-refractivity contribution in [1.29, 1.82) is 0 Å². The fourth-order valence-electron chi connectivity index (χ4n) is 3.69. The number of pyridine rings is 1. The Bertz CT molecular complexity index is 686. The predicted molar refractivity (Wildman–Crippen MR) is 80.4 cm³/mol. The number of H-pyrrole nitrogens is 1. The molecule has 3 N–H and O–H groups in total. The molecule has 4 atom stereocenters. The van der Waals surface area contributed by atoms with Crippen LogP contribution in [0.25, 0.3) is 0 Å². The number of hydrogen-bond acceptors (Lipinski definition) is 5. The van der Waals surface area contributed by atoms with Gasteiger partial charge >= 0.3 is 0 Å². The molecule has 0 aromatic carbocycles. The Morgan fingerprint density at radius 1 is 1.22 bits per heavy atom. The van der Waals surface area contributed by atoms with Crippen molar-refractivity contribution in [1.82, 2.24) is 10.3 Å². The molecule has 4 rings (SSSR count). The first kappa shape index (κ1) is 14.9. The number of aromatic nitrogens is 1. The highest BCUT2D eigenvalue weighted by Crippen LogP contribution is 2.27. The van der Waals surface area contributed by atoms with E-state index < -0.39 is 18.1 Å². The number of aliphatic hydroxyl groups excluding tert-OH is 1. The van der Waals surface area contributed by atoms with Crippen LogP contribution in [0.4, 0.5) is 0 Å². The molecule has 2 aliphatic heterocycles. The molecule has 0 unspecified atom stereocenters. The average molecular weight is 320 g/mol. The SMILES string of the molecule is O=C(N[C@H]1CO[C@H]2[C@@H]1OC[C@@H]2O)c1cc2c([nH]c1=O)CCCC2. The highest BCUT2D eigenvalue weighted by atomic mass is 16.6. The van der Waals surface area contributed by atoms with E-state index >= 15 is 0 Å². The molecule has 2 saturated heterocycles. The summed E-state index contributed by atoms with van der Waals surface area (Å²) in [6, 6.07) is 1.36. The maximum absolute atomic E-state index is 12.5. The topological polar surface area (TPSA) is 101 Å². The zero-order chi connectivity index (χ0) is 16.0. The molecule has 1 amide bonds. The summed E-state index contributed by atoms with van der Waals surface area (Å²) in [7, 11) is 0. The number of aromatic amines is 1. The van der Waals surface area contributed by atoms with Gasteiger partial charge in [0.15, 0.2) is 0 Å². The molecule has 0 bridgehead atoms. The number of amides is 1. The number of aliphatic hydroxyl groups is 1. The lowest BCUT2D eigenvalue weighted by atomic mass is 9.95. The fraction of sp³-hybridized carbons (Fsp3) is 0.625. The van der Waals surface area contributed by atoms with Crippen LogP contribution in [0.2, 0.25) is 0 Å². The molecule has 1 aromatic heterocycles. The van der Waals surface area contributed by atoms with Gasteiger partial charge in [-0.3, -0.25) is 9.59 Å². The molecule has 124 valence electrons. The fourth-order valence-corrected chi connectivity index (χ4v) is 3.69. The van der Waals surface area contributed by atoms with E-state index in [1.165, 1.54) is 0 Å². The molecule has 1 aromatic rings. The summed E-state index contributed by atoms with van der Waals surface area (Å²) in [4.78, 5) is 27.5. The normalized spacial score (nSPS) is 32.4. The Morgan fingerprint density at radius 3 is 2.87 bits per heavy atom. The lowest BCUT2D eigenvalue weighted by Crippen LogP contribution is -2.45. The van der Waals surface area contributed by atoms with Crippen molar-refractivity contribution < 1.29 is 19.4 Å². The third kappa shape index (κ3) is 2.58. The van der Waals surface area contributed by atoms with E-state index in [4.69, 9.17) is 9.47 Å². The lowest BCUT2D eigenvalue weighted by Gasteiger charge is -2.19. The van der Waals surface area contributed by atoms with Crippen LogP contribution in [-0.2, 0) is 22.3 Å². The lowest BCUT2D eigenvalue weighted by molar-refractivity contribution is 0.0178. The Kier molecular flexibility index (Phi) is 3.71. The third-order valence-corrected chi connectivity index (χ3v) is 4.93. The van der Waals surface area contributed by atoms with E-state index in [-0.39, 0.29) is 36.5 Å². The second-order valence-corrected chi connectivity index (χ2v) is 6.47. The molecular formula is C16H20N2O5. The van der Waals surface area contributed by atoms with Crippen LogP contribution in [0.1, 0.15) is 34.5 Å². The van der Waals surface area contributed by atoms with Gasteiger partial charge in [0.2, 0.25) is 0 Å². The minimum Gasteiger partial charge on any atom is -0.388 e. The van der Waals surface area contributed by atoms with Crippen LogP contribution in [0, 0.1) is 0 Å². The van der Waals surface area contributed by atoms with E-state index in [9.17, 15) is 14.7 Å². The standard InChI is InChI=1S/C16H20N2O5/c19-12-7-23-13-11(6-22-14(12)13)18-16(21)9-5-8-3-1-2-4-10(8)17-15(9)20/h5,11-14,19H,1-4,6-7H2,(H,17,20)(H,18,21)/t11-,12-,13+,14+/m0/s1. The minimum atomic E-state index is -0.658. The first-order valence-corrected chi connectivity index (χ1v) is 8.10. The van der Waals surface area contributed by atoms with Crippen molar-refractivity contribution in [2.45, 2.75) is 50.0 Å². The molecule has 0 spiro atoms. The van der Waals surface area contributed by atoms with E-state index in [1.54, 1.807) is 6.07 Å². The summed E-state index contributed by atoms with van der Waals surface area (Å²) < 4.78 is 11.0. The quantitative estimate of drug-likeness (QED) is 0.683. The number of ether oxygens (including phenoxy) is 2. The summed E-state index contributed by atoms with van der Waals surface area (Å²) in [5.74, 6) is -0.418. The van der Waals surface area contributed by atoms with Crippen LogP contribution in [0.3, 0.4) is 0 Å². The number of carbonyl (C=O) groups excluding carboxylic acids is 1. The number of carbonyl (C=O) groups is 1. The third-order valence-electron chi connectivity index (χ3n) is 4.93. The molecule has 0 saturated carbocycles. The van der Waals surface area contributed by atoms with Crippen molar-refractivity contribution in [2.24, 2.45) is 0 Å². The van der Waals surface area contributed by atoms with E-state index in [1.807, 2.05) is 0 Å². The second kappa shape index (κ2) is 5.74. The van der Waals surface area contributed by atoms with Gasteiger partial charge in [-0.1, -0.05) is 0 Å². The van der Waals surface area contributed by atoms with Crippen LogP contribution >= 0.6 is 0 Å². The van der Waals surface area contributed by atoms with Gasteiger partial charge in [0.25, 0.3) is 11.5 Å². The minimum absolute atomic E-state index is 0.132. The van der Waals surface area contributed by atoms with Gasteiger partial charge in [-0.2, -0.15) is 0 Å². The van der Waals surface area contributed by atoms with Gasteiger partial charge in [0.1, 0.15) is 23.9 Å². The maximum Gasteiger partial charge on any atom is 0.261 e. The molecule has 0 radical (unpaired) electrons. The Balaban J connectivity index is 1.52. The number of nitrogens with one attached hydrogen (secondary N) is 2. The van der Waals surface area contributed by atoms with Crippen molar-refractivity contribution in [3.05, 3.63) is 33.2 Å². The monoisotopic (exact) mass is 320 g/mol. The molecule has 3 heterocycles. The highest BCUT2D eigenvalue weighted by Gasteiger charge is 2.47. The first-order valence-electron chi connectivity index (χ1n) is 8.10. The molecule has 2 fully saturated rings. The smallest absolute Gasteiger partial charge is 0.261 e. The van der Waals surface area contributed by atoms with Gasteiger partial charge in [-0.05, 0) is 37.3 Å². The highest BCUT2D eigenvalue weighted by molar-refractivity contribution is 5.94. The Labute approximate surface area is 133 Å². The van der Waals surface area contributed by atoms with Crippen molar-refractivity contribution >= 4 is 5.91 Å².